The van der Waals surface area contributed by atoms with E-state index in [9.17, 15) is 4.79 Å². The molecule has 0 aromatic heterocycles. The van der Waals surface area contributed by atoms with Gasteiger partial charge in [-0.3, -0.25) is 0 Å². The Hall–Kier alpha value is -2.69. The lowest BCUT2D eigenvalue weighted by atomic mass is 10.1. The Balaban J connectivity index is 2.16. The maximum Gasteiger partial charge on any atom is 0.323 e. The molecule has 0 aliphatic rings. The van der Waals surface area contributed by atoms with Gasteiger partial charge in [0.25, 0.3) is 0 Å². The summed E-state index contributed by atoms with van der Waals surface area (Å²) < 4.78 is 10.6. The van der Waals surface area contributed by atoms with E-state index in [1.54, 1.807) is 26.4 Å². The van der Waals surface area contributed by atoms with Crippen molar-refractivity contribution in [3.8, 4) is 11.5 Å². The Morgan fingerprint density at radius 3 is 2.29 bits per heavy atom. The molecule has 2 aromatic carbocycles. The summed E-state index contributed by atoms with van der Waals surface area (Å²) in [5.74, 6) is 1.29. The molecule has 0 saturated heterocycles. The molecule has 0 spiro atoms. The van der Waals surface area contributed by atoms with Crippen molar-refractivity contribution in [3.63, 3.8) is 0 Å². The molecule has 5 heteroatoms. The smallest absolute Gasteiger partial charge is 0.323 e. The van der Waals surface area contributed by atoms with Crippen LogP contribution in [0.1, 0.15) is 5.56 Å². The average molecular weight is 286 g/mol. The number of carbonyl (C=O) groups excluding carboxylic acids is 1. The maximum absolute atomic E-state index is 12.0. The monoisotopic (exact) mass is 286 g/mol. The van der Waals surface area contributed by atoms with Gasteiger partial charge in [-0.05, 0) is 31.2 Å². The van der Waals surface area contributed by atoms with Crippen molar-refractivity contribution in [1.29, 1.82) is 0 Å². The molecular weight excluding hydrogens is 268 g/mol. The van der Waals surface area contributed by atoms with Gasteiger partial charge in [0, 0.05) is 11.3 Å². The molecule has 2 N–H and O–H groups in total. The molecule has 0 heterocycles. The predicted octanol–water partition coefficient (Wildman–Crippen LogP) is 3.66. The van der Waals surface area contributed by atoms with Crippen LogP contribution in [0.25, 0.3) is 0 Å². The van der Waals surface area contributed by atoms with Crippen molar-refractivity contribution < 1.29 is 14.3 Å². The summed E-state index contributed by atoms with van der Waals surface area (Å²) in [7, 11) is 3.15. The number of nitrogens with one attached hydrogen (secondary N) is 2. The topological polar surface area (TPSA) is 59.6 Å². The molecule has 110 valence electrons. The highest BCUT2D eigenvalue weighted by atomic mass is 16.5. The summed E-state index contributed by atoms with van der Waals surface area (Å²) in [5, 5.41) is 5.52. The maximum atomic E-state index is 12.0. The summed E-state index contributed by atoms with van der Waals surface area (Å²) in [6, 6.07) is 12.4. The first-order chi connectivity index (χ1) is 10.2. The van der Waals surface area contributed by atoms with Gasteiger partial charge in [0.2, 0.25) is 0 Å². The van der Waals surface area contributed by atoms with E-state index < -0.39 is 0 Å². The standard InChI is InChI=1S/C16H18N2O3/c1-11-14(20-2)10-9-13(15(11)21-3)18-16(19)17-12-7-5-4-6-8-12/h4-10H,1-3H3,(H2,17,18,19). The molecule has 2 aromatic rings. The molecular formula is C16H18N2O3. The summed E-state index contributed by atoms with van der Waals surface area (Å²) >= 11 is 0. The molecule has 2 amide bonds. The van der Waals surface area contributed by atoms with E-state index >= 15 is 0 Å². The van der Waals surface area contributed by atoms with Crippen molar-refractivity contribution in [2.45, 2.75) is 6.92 Å². The van der Waals surface area contributed by atoms with E-state index in [-0.39, 0.29) is 6.03 Å². The number of urea groups is 1. The van der Waals surface area contributed by atoms with Gasteiger partial charge in [0.05, 0.1) is 19.9 Å². The van der Waals surface area contributed by atoms with E-state index in [0.29, 0.717) is 17.2 Å². The number of ether oxygens (including phenoxy) is 2. The van der Waals surface area contributed by atoms with Gasteiger partial charge in [0.1, 0.15) is 11.5 Å². The fraction of sp³-hybridized carbons (Fsp3) is 0.188. The van der Waals surface area contributed by atoms with Crippen molar-refractivity contribution in [1.82, 2.24) is 0 Å². The minimum Gasteiger partial charge on any atom is -0.496 e. The molecule has 2 rings (SSSR count). The third-order valence-electron chi connectivity index (χ3n) is 3.06. The van der Waals surface area contributed by atoms with Gasteiger partial charge < -0.3 is 20.1 Å². The van der Waals surface area contributed by atoms with Crippen molar-refractivity contribution >= 4 is 17.4 Å². The Labute approximate surface area is 123 Å². The summed E-state index contributed by atoms with van der Waals surface area (Å²) in [5.41, 5.74) is 2.14. The molecule has 5 nitrogen and oxygen atoms in total. The molecule has 0 unspecified atom stereocenters. The van der Waals surface area contributed by atoms with Crippen LogP contribution in [0.2, 0.25) is 0 Å². The number of rotatable bonds is 4. The van der Waals surface area contributed by atoms with E-state index in [4.69, 9.17) is 9.47 Å². The molecule has 0 radical (unpaired) electrons. The first-order valence-electron chi connectivity index (χ1n) is 6.50. The van der Waals surface area contributed by atoms with Crippen LogP contribution in [-0.2, 0) is 0 Å². The third kappa shape index (κ3) is 3.45. The van der Waals surface area contributed by atoms with Crippen LogP contribution in [0.5, 0.6) is 11.5 Å². The summed E-state index contributed by atoms with van der Waals surface area (Å²) in [6.07, 6.45) is 0. The second-order valence-electron chi connectivity index (χ2n) is 4.42. The van der Waals surface area contributed by atoms with Gasteiger partial charge in [0.15, 0.2) is 0 Å². The largest absolute Gasteiger partial charge is 0.496 e. The van der Waals surface area contributed by atoms with Crippen LogP contribution < -0.4 is 20.1 Å². The lowest BCUT2D eigenvalue weighted by Crippen LogP contribution is -2.20. The highest BCUT2D eigenvalue weighted by molar-refractivity contribution is 6.00. The van der Waals surface area contributed by atoms with Crippen LogP contribution in [0.4, 0.5) is 16.2 Å². The van der Waals surface area contributed by atoms with Crippen molar-refractivity contribution in [2.75, 3.05) is 24.9 Å². The number of anilines is 2. The first-order valence-corrected chi connectivity index (χ1v) is 6.50. The summed E-state index contributed by atoms with van der Waals surface area (Å²) in [6.45, 7) is 1.87. The van der Waals surface area contributed by atoms with E-state index in [1.165, 1.54) is 0 Å². The van der Waals surface area contributed by atoms with Crippen LogP contribution >= 0.6 is 0 Å². The van der Waals surface area contributed by atoms with E-state index in [1.807, 2.05) is 37.3 Å². The third-order valence-corrected chi connectivity index (χ3v) is 3.06. The molecule has 0 atom stereocenters. The van der Waals surface area contributed by atoms with Gasteiger partial charge >= 0.3 is 6.03 Å². The Kier molecular flexibility index (Phi) is 4.66. The van der Waals surface area contributed by atoms with Crippen LogP contribution in [0.3, 0.4) is 0 Å². The number of hydrogen-bond donors (Lipinski definition) is 2. The second-order valence-corrected chi connectivity index (χ2v) is 4.42. The first kappa shape index (κ1) is 14.7. The SMILES string of the molecule is COc1ccc(NC(=O)Nc2ccccc2)c(OC)c1C. The van der Waals surface area contributed by atoms with E-state index in [2.05, 4.69) is 10.6 Å². The van der Waals surface area contributed by atoms with Gasteiger partial charge in [-0.1, -0.05) is 18.2 Å². The minimum atomic E-state index is -0.330. The quantitative estimate of drug-likeness (QED) is 0.901. The van der Waals surface area contributed by atoms with Gasteiger partial charge in [-0.25, -0.2) is 4.79 Å². The molecule has 0 saturated carbocycles. The van der Waals surface area contributed by atoms with Crippen molar-refractivity contribution in [2.24, 2.45) is 0 Å². The molecule has 0 fully saturated rings. The Morgan fingerprint density at radius 2 is 1.67 bits per heavy atom. The zero-order valence-electron chi connectivity index (χ0n) is 12.3. The Bertz CT molecular complexity index is 627. The lowest BCUT2D eigenvalue weighted by molar-refractivity contribution is 0.262. The average Bonchev–Trinajstić information content (AvgIpc) is 2.48. The van der Waals surface area contributed by atoms with Gasteiger partial charge in [-0.2, -0.15) is 0 Å². The number of methoxy groups -OCH3 is 2. The van der Waals surface area contributed by atoms with Crippen LogP contribution in [-0.4, -0.2) is 20.3 Å². The lowest BCUT2D eigenvalue weighted by Gasteiger charge is -2.15. The van der Waals surface area contributed by atoms with E-state index in [0.717, 1.165) is 11.3 Å². The van der Waals surface area contributed by atoms with Crippen LogP contribution in [0.15, 0.2) is 42.5 Å². The minimum absolute atomic E-state index is 0.330. The molecule has 0 bridgehead atoms. The zero-order valence-corrected chi connectivity index (χ0v) is 12.3. The number of carbonyl (C=O) groups is 1. The predicted molar refractivity (Wildman–Crippen MR) is 83.4 cm³/mol. The number of para-hydroxylation sites is 1. The van der Waals surface area contributed by atoms with Crippen LogP contribution in [0, 0.1) is 6.92 Å². The zero-order chi connectivity index (χ0) is 15.2. The molecule has 0 aliphatic heterocycles. The molecule has 0 aliphatic carbocycles. The fourth-order valence-corrected chi connectivity index (χ4v) is 2.06. The Morgan fingerprint density at radius 1 is 0.952 bits per heavy atom. The highest BCUT2D eigenvalue weighted by Crippen LogP contribution is 2.34. The van der Waals surface area contributed by atoms with Gasteiger partial charge in [-0.15, -0.1) is 0 Å². The second kappa shape index (κ2) is 6.65. The fourth-order valence-electron chi connectivity index (χ4n) is 2.06. The highest BCUT2D eigenvalue weighted by Gasteiger charge is 2.13. The normalized spacial score (nSPS) is 9.86. The number of hydrogen-bond acceptors (Lipinski definition) is 3. The number of benzene rings is 2. The summed E-state index contributed by atoms with van der Waals surface area (Å²) in [4.78, 5) is 12.0. The number of amides is 2. The van der Waals surface area contributed by atoms with Crippen molar-refractivity contribution in [3.05, 3.63) is 48.0 Å². The molecule has 21 heavy (non-hydrogen) atoms.